The highest BCUT2D eigenvalue weighted by atomic mass is 35.5. The van der Waals surface area contributed by atoms with E-state index in [0.717, 1.165) is 41.8 Å². The van der Waals surface area contributed by atoms with Crippen molar-refractivity contribution < 1.29 is 5.11 Å². The normalized spacial score (nSPS) is 27.8. The molecule has 1 saturated carbocycles. The van der Waals surface area contributed by atoms with E-state index in [1.807, 2.05) is 25.1 Å². The third-order valence-electron chi connectivity index (χ3n) is 4.37. The Hall–Kier alpha value is -0.530. The number of aliphatic hydroxyl groups is 1. The second-order valence-corrected chi connectivity index (χ2v) is 6.92. The van der Waals surface area contributed by atoms with E-state index >= 15 is 0 Å². The summed E-state index contributed by atoms with van der Waals surface area (Å²) in [6, 6.07) is 5.97. The van der Waals surface area contributed by atoms with Gasteiger partial charge in [-0.25, -0.2) is 0 Å². The minimum atomic E-state index is -0.689. The van der Waals surface area contributed by atoms with Gasteiger partial charge in [-0.1, -0.05) is 37.6 Å². The lowest BCUT2D eigenvalue weighted by Crippen LogP contribution is -2.25. The highest BCUT2D eigenvalue weighted by molar-refractivity contribution is 6.31. The predicted octanol–water partition coefficient (Wildman–Crippen LogP) is 4.83. The van der Waals surface area contributed by atoms with E-state index in [0.29, 0.717) is 5.41 Å². The van der Waals surface area contributed by atoms with Crippen molar-refractivity contribution in [1.82, 2.24) is 0 Å². The molecule has 0 saturated heterocycles. The zero-order chi connectivity index (χ0) is 13.4. The third kappa shape index (κ3) is 2.89. The highest BCUT2D eigenvalue weighted by Gasteiger charge is 2.35. The van der Waals surface area contributed by atoms with E-state index in [9.17, 15) is 5.11 Å². The van der Waals surface area contributed by atoms with Gasteiger partial charge in [0, 0.05) is 5.02 Å². The van der Waals surface area contributed by atoms with Gasteiger partial charge in [0.25, 0.3) is 0 Å². The molecule has 2 heteroatoms. The van der Waals surface area contributed by atoms with Gasteiger partial charge < -0.3 is 5.11 Å². The van der Waals surface area contributed by atoms with Crippen molar-refractivity contribution in [3.05, 3.63) is 34.3 Å². The molecule has 2 rings (SSSR count). The SMILES string of the molecule is Cc1ccc(C2(O)CCCC(C)(C)CC2)cc1Cl. The van der Waals surface area contributed by atoms with Gasteiger partial charge in [-0.3, -0.25) is 0 Å². The summed E-state index contributed by atoms with van der Waals surface area (Å²) in [4.78, 5) is 0. The maximum atomic E-state index is 10.9. The van der Waals surface area contributed by atoms with Crippen LogP contribution in [0.4, 0.5) is 0 Å². The van der Waals surface area contributed by atoms with Crippen LogP contribution >= 0.6 is 11.6 Å². The van der Waals surface area contributed by atoms with Gasteiger partial charge in [0.2, 0.25) is 0 Å². The molecule has 100 valence electrons. The minimum absolute atomic E-state index is 0.346. The zero-order valence-corrected chi connectivity index (χ0v) is 12.3. The first-order valence-electron chi connectivity index (χ1n) is 6.81. The lowest BCUT2D eigenvalue weighted by molar-refractivity contribution is 0.0180. The molecular formula is C16H23ClO. The van der Waals surface area contributed by atoms with Gasteiger partial charge in [0.1, 0.15) is 0 Å². The van der Waals surface area contributed by atoms with Crippen molar-refractivity contribution in [2.24, 2.45) is 5.41 Å². The first-order chi connectivity index (χ1) is 8.32. The highest BCUT2D eigenvalue weighted by Crippen LogP contribution is 2.43. The summed E-state index contributed by atoms with van der Waals surface area (Å²) in [5.74, 6) is 0. The largest absolute Gasteiger partial charge is 0.385 e. The maximum Gasteiger partial charge on any atom is 0.0897 e. The Balaban J connectivity index is 2.27. The molecule has 1 atom stereocenters. The van der Waals surface area contributed by atoms with Gasteiger partial charge in [0.15, 0.2) is 0 Å². The Morgan fingerprint density at radius 2 is 1.83 bits per heavy atom. The Labute approximate surface area is 115 Å². The zero-order valence-electron chi connectivity index (χ0n) is 11.6. The molecule has 0 radical (unpaired) electrons. The Morgan fingerprint density at radius 1 is 1.11 bits per heavy atom. The molecule has 1 aliphatic carbocycles. The average Bonchev–Trinajstić information content (AvgIpc) is 2.43. The molecule has 0 amide bonds. The van der Waals surface area contributed by atoms with Crippen LogP contribution < -0.4 is 0 Å². The van der Waals surface area contributed by atoms with Crippen molar-refractivity contribution >= 4 is 11.6 Å². The number of hydrogen-bond acceptors (Lipinski definition) is 1. The maximum absolute atomic E-state index is 10.9. The number of hydrogen-bond donors (Lipinski definition) is 1. The number of aryl methyl sites for hydroxylation is 1. The van der Waals surface area contributed by atoms with E-state index in [4.69, 9.17) is 11.6 Å². The van der Waals surface area contributed by atoms with Gasteiger partial charge in [0.05, 0.1) is 5.60 Å². The van der Waals surface area contributed by atoms with Crippen LogP contribution in [0.2, 0.25) is 5.02 Å². The van der Waals surface area contributed by atoms with Crippen LogP contribution in [0.15, 0.2) is 18.2 Å². The summed E-state index contributed by atoms with van der Waals surface area (Å²) in [6.07, 6.45) is 5.01. The van der Waals surface area contributed by atoms with Crippen LogP contribution in [0.25, 0.3) is 0 Å². The van der Waals surface area contributed by atoms with Gasteiger partial charge in [-0.05, 0) is 61.6 Å². The van der Waals surface area contributed by atoms with E-state index in [1.165, 1.54) is 6.42 Å². The molecule has 0 aromatic heterocycles. The summed E-state index contributed by atoms with van der Waals surface area (Å²) >= 11 is 6.18. The quantitative estimate of drug-likeness (QED) is 0.722. The van der Waals surface area contributed by atoms with Crippen LogP contribution in [0.1, 0.15) is 57.1 Å². The smallest absolute Gasteiger partial charge is 0.0897 e. The first-order valence-corrected chi connectivity index (χ1v) is 7.19. The molecule has 1 aliphatic rings. The summed E-state index contributed by atoms with van der Waals surface area (Å²) in [6.45, 7) is 6.58. The fourth-order valence-electron chi connectivity index (χ4n) is 2.83. The lowest BCUT2D eigenvalue weighted by Gasteiger charge is -2.29. The van der Waals surface area contributed by atoms with Crippen molar-refractivity contribution in [3.63, 3.8) is 0 Å². The molecule has 1 aromatic rings. The molecule has 0 bridgehead atoms. The van der Waals surface area contributed by atoms with Crippen LogP contribution in [0.3, 0.4) is 0 Å². The third-order valence-corrected chi connectivity index (χ3v) is 4.78. The fraction of sp³-hybridized carbons (Fsp3) is 0.625. The Morgan fingerprint density at radius 3 is 2.50 bits per heavy atom. The topological polar surface area (TPSA) is 20.2 Å². The van der Waals surface area contributed by atoms with Crippen LogP contribution in [0.5, 0.6) is 0 Å². The molecule has 0 spiro atoms. The summed E-state index contributed by atoms with van der Waals surface area (Å²) in [5.41, 5.74) is 1.71. The standard InChI is InChI=1S/C16H23ClO/c1-12-5-6-13(11-14(12)17)16(18)8-4-7-15(2,3)9-10-16/h5-6,11,18H,4,7-10H2,1-3H3. The van der Waals surface area contributed by atoms with Gasteiger partial charge in [-0.2, -0.15) is 0 Å². The van der Waals surface area contributed by atoms with E-state index in [2.05, 4.69) is 13.8 Å². The fourth-order valence-corrected chi connectivity index (χ4v) is 3.01. The number of halogens is 1. The molecule has 1 N–H and O–H groups in total. The molecule has 1 aromatic carbocycles. The van der Waals surface area contributed by atoms with Gasteiger partial charge >= 0.3 is 0 Å². The molecular weight excluding hydrogens is 244 g/mol. The lowest BCUT2D eigenvalue weighted by atomic mass is 9.82. The van der Waals surface area contributed by atoms with E-state index < -0.39 is 5.60 Å². The van der Waals surface area contributed by atoms with Crippen molar-refractivity contribution in [2.45, 2.75) is 58.5 Å². The van der Waals surface area contributed by atoms with Crippen LogP contribution in [-0.4, -0.2) is 5.11 Å². The molecule has 0 heterocycles. The first kappa shape index (κ1) is 13.9. The van der Waals surface area contributed by atoms with Crippen LogP contribution in [0, 0.1) is 12.3 Å². The molecule has 0 aliphatic heterocycles. The molecule has 1 unspecified atom stereocenters. The van der Waals surface area contributed by atoms with Crippen LogP contribution in [-0.2, 0) is 5.60 Å². The molecule has 1 fully saturated rings. The monoisotopic (exact) mass is 266 g/mol. The predicted molar refractivity (Wildman–Crippen MR) is 77.0 cm³/mol. The Bertz CT molecular complexity index is 439. The second kappa shape index (κ2) is 4.86. The second-order valence-electron chi connectivity index (χ2n) is 6.51. The summed E-state index contributed by atoms with van der Waals surface area (Å²) in [5, 5.41) is 11.7. The minimum Gasteiger partial charge on any atom is -0.385 e. The van der Waals surface area contributed by atoms with Gasteiger partial charge in [-0.15, -0.1) is 0 Å². The number of rotatable bonds is 1. The molecule has 1 nitrogen and oxygen atoms in total. The van der Waals surface area contributed by atoms with Crippen molar-refractivity contribution in [2.75, 3.05) is 0 Å². The average molecular weight is 267 g/mol. The summed E-state index contributed by atoms with van der Waals surface area (Å²) < 4.78 is 0. The van der Waals surface area contributed by atoms with E-state index in [-0.39, 0.29) is 0 Å². The van der Waals surface area contributed by atoms with Crippen molar-refractivity contribution in [1.29, 1.82) is 0 Å². The molecule has 18 heavy (non-hydrogen) atoms. The Kier molecular flexibility index (Phi) is 3.75. The summed E-state index contributed by atoms with van der Waals surface area (Å²) in [7, 11) is 0. The van der Waals surface area contributed by atoms with Crippen molar-refractivity contribution in [3.8, 4) is 0 Å². The van der Waals surface area contributed by atoms with E-state index in [1.54, 1.807) is 0 Å². The number of benzene rings is 1.